The van der Waals surface area contributed by atoms with Crippen LogP contribution in [0.1, 0.15) is 23.1 Å². The lowest BCUT2D eigenvalue weighted by molar-refractivity contribution is 0.0520. The maximum Gasteiger partial charge on any atom is 0.357 e. The van der Waals surface area contributed by atoms with Gasteiger partial charge in [-0.15, -0.1) is 11.3 Å². The van der Waals surface area contributed by atoms with E-state index >= 15 is 0 Å². The van der Waals surface area contributed by atoms with Crippen LogP contribution in [0.15, 0.2) is 17.6 Å². The molecule has 18 heavy (non-hydrogen) atoms. The van der Waals surface area contributed by atoms with E-state index in [4.69, 9.17) is 4.74 Å². The zero-order valence-electron chi connectivity index (χ0n) is 10.2. The first-order valence-corrected chi connectivity index (χ1v) is 6.42. The standard InChI is InChI=1S/C11H14N4O2S/c1-3-17-10(16)9-7-18-11(13-9)12-6-8-4-5-15(2)14-8/h4-5,7H,3,6H2,1-2H3,(H,12,13). The van der Waals surface area contributed by atoms with E-state index < -0.39 is 0 Å². The predicted octanol–water partition coefficient (Wildman–Crippen LogP) is 1.67. The number of ether oxygens (including phenoxy) is 1. The van der Waals surface area contributed by atoms with Crippen molar-refractivity contribution >= 4 is 22.4 Å². The summed E-state index contributed by atoms with van der Waals surface area (Å²) in [5.41, 5.74) is 1.26. The van der Waals surface area contributed by atoms with Gasteiger partial charge >= 0.3 is 5.97 Å². The van der Waals surface area contributed by atoms with Gasteiger partial charge in [0.2, 0.25) is 0 Å². The van der Waals surface area contributed by atoms with Crippen LogP contribution in [-0.2, 0) is 18.3 Å². The summed E-state index contributed by atoms with van der Waals surface area (Å²) in [6, 6.07) is 1.92. The Balaban J connectivity index is 1.92. The molecule has 0 saturated heterocycles. The Labute approximate surface area is 109 Å². The lowest BCUT2D eigenvalue weighted by atomic mass is 10.4. The van der Waals surface area contributed by atoms with E-state index in [-0.39, 0.29) is 5.97 Å². The molecule has 0 atom stereocenters. The van der Waals surface area contributed by atoms with E-state index in [9.17, 15) is 4.79 Å². The van der Waals surface area contributed by atoms with Crippen LogP contribution in [0, 0.1) is 0 Å². The Morgan fingerprint density at radius 1 is 1.61 bits per heavy atom. The highest BCUT2D eigenvalue weighted by molar-refractivity contribution is 7.13. The molecule has 2 aromatic heterocycles. The van der Waals surface area contributed by atoms with Crippen molar-refractivity contribution in [2.45, 2.75) is 13.5 Å². The van der Waals surface area contributed by atoms with Gasteiger partial charge in [0, 0.05) is 18.6 Å². The predicted molar refractivity (Wildman–Crippen MR) is 68.6 cm³/mol. The molecular weight excluding hydrogens is 252 g/mol. The molecule has 0 aliphatic heterocycles. The van der Waals surface area contributed by atoms with Gasteiger partial charge in [0.25, 0.3) is 0 Å². The molecule has 0 bridgehead atoms. The van der Waals surface area contributed by atoms with Crippen molar-refractivity contribution < 1.29 is 9.53 Å². The van der Waals surface area contributed by atoms with Gasteiger partial charge in [-0.2, -0.15) is 5.10 Å². The van der Waals surface area contributed by atoms with Gasteiger partial charge in [0.15, 0.2) is 10.8 Å². The number of aryl methyl sites for hydroxylation is 1. The van der Waals surface area contributed by atoms with Crippen LogP contribution in [0.3, 0.4) is 0 Å². The fourth-order valence-corrected chi connectivity index (χ4v) is 2.06. The van der Waals surface area contributed by atoms with Crippen molar-refractivity contribution in [3.63, 3.8) is 0 Å². The van der Waals surface area contributed by atoms with E-state index in [1.807, 2.05) is 19.3 Å². The average Bonchev–Trinajstić information content (AvgIpc) is 2.95. The largest absolute Gasteiger partial charge is 0.461 e. The van der Waals surface area contributed by atoms with Gasteiger partial charge in [-0.3, -0.25) is 4.68 Å². The monoisotopic (exact) mass is 266 g/mol. The van der Waals surface area contributed by atoms with Crippen LogP contribution in [0.25, 0.3) is 0 Å². The number of nitrogens with one attached hydrogen (secondary N) is 1. The summed E-state index contributed by atoms with van der Waals surface area (Å²) in [6.07, 6.45) is 1.88. The van der Waals surface area contributed by atoms with Crippen molar-refractivity contribution in [2.75, 3.05) is 11.9 Å². The van der Waals surface area contributed by atoms with Gasteiger partial charge in [-0.05, 0) is 13.0 Å². The van der Waals surface area contributed by atoms with Crippen molar-refractivity contribution in [1.82, 2.24) is 14.8 Å². The molecule has 0 amide bonds. The Morgan fingerprint density at radius 2 is 2.44 bits per heavy atom. The van der Waals surface area contributed by atoms with E-state index in [2.05, 4.69) is 15.4 Å². The number of carbonyl (C=O) groups is 1. The molecule has 0 aliphatic rings. The Bertz CT molecular complexity index is 535. The van der Waals surface area contributed by atoms with Gasteiger partial charge in [0.05, 0.1) is 18.8 Å². The lowest BCUT2D eigenvalue weighted by Gasteiger charge is -1.99. The van der Waals surface area contributed by atoms with Gasteiger partial charge in [-0.1, -0.05) is 0 Å². The maximum atomic E-state index is 11.4. The summed E-state index contributed by atoms with van der Waals surface area (Å²) in [5.74, 6) is -0.389. The van der Waals surface area contributed by atoms with E-state index in [1.54, 1.807) is 17.0 Å². The quantitative estimate of drug-likeness (QED) is 0.834. The first-order chi connectivity index (χ1) is 8.69. The van der Waals surface area contributed by atoms with E-state index in [1.165, 1.54) is 11.3 Å². The van der Waals surface area contributed by atoms with Crippen LogP contribution >= 0.6 is 11.3 Å². The summed E-state index contributed by atoms with van der Waals surface area (Å²) in [7, 11) is 1.87. The third kappa shape index (κ3) is 3.07. The normalized spacial score (nSPS) is 10.3. The molecule has 7 heteroatoms. The van der Waals surface area contributed by atoms with Crippen LogP contribution in [-0.4, -0.2) is 27.3 Å². The first kappa shape index (κ1) is 12.6. The molecule has 0 spiro atoms. The molecule has 0 aliphatic carbocycles. The smallest absolute Gasteiger partial charge is 0.357 e. The van der Waals surface area contributed by atoms with Crippen LogP contribution in [0.2, 0.25) is 0 Å². The van der Waals surface area contributed by atoms with Crippen molar-refractivity contribution in [1.29, 1.82) is 0 Å². The van der Waals surface area contributed by atoms with Crippen molar-refractivity contribution in [3.8, 4) is 0 Å². The number of thiazole rings is 1. The molecule has 0 aromatic carbocycles. The summed E-state index contributed by atoms with van der Waals surface area (Å²) >= 11 is 1.37. The molecule has 2 aromatic rings. The fourth-order valence-electron chi connectivity index (χ4n) is 1.38. The highest BCUT2D eigenvalue weighted by Gasteiger charge is 2.11. The second-order valence-electron chi connectivity index (χ2n) is 3.59. The number of hydrogen-bond acceptors (Lipinski definition) is 6. The molecular formula is C11H14N4O2S. The Hall–Kier alpha value is -1.89. The minimum atomic E-state index is -0.389. The van der Waals surface area contributed by atoms with Crippen LogP contribution in [0.5, 0.6) is 0 Å². The third-order valence-electron chi connectivity index (χ3n) is 2.18. The minimum Gasteiger partial charge on any atom is -0.461 e. The summed E-state index contributed by atoms with van der Waals surface area (Å²) in [5, 5.41) is 9.72. The highest BCUT2D eigenvalue weighted by Crippen LogP contribution is 2.16. The van der Waals surface area contributed by atoms with Crippen LogP contribution in [0.4, 0.5) is 5.13 Å². The molecule has 0 saturated carbocycles. The Kier molecular flexibility index (Phi) is 3.93. The molecule has 1 N–H and O–H groups in total. The lowest BCUT2D eigenvalue weighted by Crippen LogP contribution is -2.06. The molecule has 0 unspecified atom stereocenters. The number of esters is 1. The number of carbonyl (C=O) groups excluding carboxylic acids is 1. The first-order valence-electron chi connectivity index (χ1n) is 5.54. The molecule has 96 valence electrons. The minimum absolute atomic E-state index is 0.338. The van der Waals surface area contributed by atoms with Gasteiger partial charge < -0.3 is 10.1 Å². The zero-order chi connectivity index (χ0) is 13.0. The maximum absolute atomic E-state index is 11.4. The van der Waals surface area contributed by atoms with Gasteiger partial charge in [-0.25, -0.2) is 9.78 Å². The molecule has 0 radical (unpaired) electrons. The molecule has 2 rings (SSSR count). The molecule has 0 fully saturated rings. The van der Waals surface area contributed by atoms with Crippen molar-refractivity contribution in [2.24, 2.45) is 7.05 Å². The number of nitrogens with zero attached hydrogens (tertiary/aromatic N) is 3. The number of rotatable bonds is 5. The van der Waals surface area contributed by atoms with Crippen molar-refractivity contribution in [3.05, 3.63) is 29.0 Å². The van der Waals surface area contributed by atoms with Gasteiger partial charge in [0.1, 0.15) is 0 Å². The zero-order valence-corrected chi connectivity index (χ0v) is 11.0. The molecule has 6 nitrogen and oxygen atoms in total. The van der Waals surface area contributed by atoms with Crippen LogP contribution < -0.4 is 5.32 Å². The number of anilines is 1. The summed E-state index contributed by atoms with van der Waals surface area (Å²) in [6.45, 7) is 2.70. The number of aromatic nitrogens is 3. The fraction of sp³-hybridized carbons (Fsp3) is 0.364. The summed E-state index contributed by atoms with van der Waals surface area (Å²) < 4.78 is 6.61. The topological polar surface area (TPSA) is 69.0 Å². The SMILES string of the molecule is CCOC(=O)c1csc(NCc2ccn(C)n2)n1. The average molecular weight is 266 g/mol. The Morgan fingerprint density at radius 3 is 3.11 bits per heavy atom. The summed E-state index contributed by atoms with van der Waals surface area (Å²) in [4.78, 5) is 15.6. The van der Waals surface area contributed by atoms with E-state index in [0.717, 1.165) is 5.69 Å². The molecule has 2 heterocycles. The second kappa shape index (κ2) is 5.63. The van der Waals surface area contributed by atoms with E-state index in [0.29, 0.717) is 24.0 Å². The second-order valence-corrected chi connectivity index (χ2v) is 4.45. The third-order valence-corrected chi connectivity index (χ3v) is 2.98. The number of hydrogen-bond donors (Lipinski definition) is 1. The highest BCUT2D eigenvalue weighted by atomic mass is 32.1.